The number of H-pyrrole nitrogens is 1. The number of aromatic amines is 1. The molecular formula is C13H15ClN2O2. The van der Waals surface area contributed by atoms with Crippen LogP contribution in [0, 0.1) is 0 Å². The van der Waals surface area contributed by atoms with Crippen molar-refractivity contribution in [3.63, 3.8) is 0 Å². The summed E-state index contributed by atoms with van der Waals surface area (Å²) in [7, 11) is 3.24. The molecule has 0 saturated heterocycles. The molecule has 1 N–H and O–H groups in total. The van der Waals surface area contributed by atoms with Crippen molar-refractivity contribution in [2.45, 2.75) is 11.8 Å². The van der Waals surface area contributed by atoms with E-state index < -0.39 is 0 Å². The van der Waals surface area contributed by atoms with Crippen LogP contribution < -0.4 is 9.47 Å². The molecule has 4 nitrogen and oxygen atoms in total. The molecule has 5 heteroatoms. The second kappa shape index (κ2) is 5.78. The number of alkyl halides is 1. The quantitative estimate of drug-likeness (QED) is 0.847. The average molecular weight is 267 g/mol. The van der Waals surface area contributed by atoms with Crippen LogP contribution >= 0.6 is 11.6 Å². The zero-order chi connectivity index (χ0) is 13.0. The molecule has 1 aromatic carbocycles. The monoisotopic (exact) mass is 266 g/mol. The Bertz CT molecular complexity index is 477. The van der Waals surface area contributed by atoms with Crippen molar-refractivity contribution in [1.29, 1.82) is 0 Å². The maximum Gasteiger partial charge on any atom is 0.127 e. The molecule has 0 aliphatic carbocycles. The van der Waals surface area contributed by atoms with Crippen molar-refractivity contribution in [3.05, 3.63) is 42.0 Å². The molecule has 1 unspecified atom stereocenters. The molecule has 1 heterocycles. The normalized spacial score (nSPS) is 12.2. The minimum absolute atomic E-state index is 0.262. The first-order valence-electron chi connectivity index (χ1n) is 5.59. The molecule has 0 spiro atoms. The van der Waals surface area contributed by atoms with Crippen LogP contribution in [0.1, 0.15) is 16.8 Å². The number of aromatic nitrogens is 2. The first kappa shape index (κ1) is 12.8. The topological polar surface area (TPSA) is 47.1 Å². The summed E-state index contributed by atoms with van der Waals surface area (Å²) in [5.41, 5.74) is 0.848. The molecule has 0 amide bonds. The largest absolute Gasteiger partial charge is 0.496 e. The maximum absolute atomic E-state index is 6.45. The van der Waals surface area contributed by atoms with Crippen LogP contribution in [0.4, 0.5) is 0 Å². The molecule has 96 valence electrons. The molecule has 0 fully saturated rings. The third kappa shape index (κ3) is 2.59. The van der Waals surface area contributed by atoms with Gasteiger partial charge in [0.25, 0.3) is 0 Å². The highest BCUT2D eigenvalue weighted by atomic mass is 35.5. The van der Waals surface area contributed by atoms with E-state index in [-0.39, 0.29) is 5.38 Å². The summed E-state index contributed by atoms with van der Waals surface area (Å²) in [5.74, 6) is 2.28. The molecule has 18 heavy (non-hydrogen) atoms. The minimum Gasteiger partial charge on any atom is -0.496 e. The highest BCUT2D eigenvalue weighted by molar-refractivity contribution is 6.21. The SMILES string of the molecule is COc1cccc(OC)c1C(Cl)Cc1ncc[nH]1. The van der Waals surface area contributed by atoms with Gasteiger partial charge in [0.15, 0.2) is 0 Å². The Balaban J connectivity index is 2.30. The molecule has 0 bridgehead atoms. The number of nitrogens with one attached hydrogen (secondary N) is 1. The van der Waals surface area contributed by atoms with Gasteiger partial charge in [-0.05, 0) is 12.1 Å². The molecule has 0 radical (unpaired) electrons. The van der Waals surface area contributed by atoms with Crippen molar-refractivity contribution in [2.75, 3.05) is 14.2 Å². The van der Waals surface area contributed by atoms with E-state index in [1.54, 1.807) is 26.6 Å². The number of halogens is 1. The van der Waals surface area contributed by atoms with Crippen LogP contribution in [-0.4, -0.2) is 24.2 Å². The maximum atomic E-state index is 6.45. The highest BCUT2D eigenvalue weighted by Crippen LogP contribution is 2.38. The lowest BCUT2D eigenvalue weighted by Gasteiger charge is -2.16. The summed E-state index contributed by atoms with van der Waals surface area (Å²) in [5, 5.41) is -0.262. The molecule has 2 rings (SSSR count). The molecule has 2 aromatic rings. The number of hydrogen-bond donors (Lipinski definition) is 1. The van der Waals surface area contributed by atoms with E-state index >= 15 is 0 Å². The van der Waals surface area contributed by atoms with Gasteiger partial charge in [0.1, 0.15) is 17.3 Å². The summed E-state index contributed by atoms with van der Waals surface area (Å²) in [6, 6.07) is 5.61. The van der Waals surface area contributed by atoms with E-state index in [9.17, 15) is 0 Å². The van der Waals surface area contributed by atoms with Gasteiger partial charge in [-0.25, -0.2) is 4.98 Å². The number of benzene rings is 1. The summed E-state index contributed by atoms with van der Waals surface area (Å²) < 4.78 is 10.7. The molecular weight excluding hydrogens is 252 g/mol. The molecule has 1 aromatic heterocycles. The number of imidazole rings is 1. The van der Waals surface area contributed by atoms with Gasteiger partial charge in [-0.2, -0.15) is 0 Å². The Morgan fingerprint density at radius 1 is 1.28 bits per heavy atom. The van der Waals surface area contributed by atoms with Crippen molar-refractivity contribution >= 4 is 11.6 Å². The van der Waals surface area contributed by atoms with Crippen LogP contribution in [0.15, 0.2) is 30.6 Å². The predicted molar refractivity (Wildman–Crippen MR) is 70.4 cm³/mol. The van der Waals surface area contributed by atoms with Crippen molar-refractivity contribution in [1.82, 2.24) is 9.97 Å². The van der Waals surface area contributed by atoms with Gasteiger partial charge in [0.05, 0.1) is 25.2 Å². The van der Waals surface area contributed by atoms with E-state index in [0.29, 0.717) is 6.42 Å². The molecule has 0 aliphatic heterocycles. The first-order chi connectivity index (χ1) is 8.76. The lowest BCUT2D eigenvalue weighted by molar-refractivity contribution is 0.384. The second-order valence-corrected chi connectivity index (χ2v) is 4.31. The molecule has 0 saturated carbocycles. The number of ether oxygens (including phenoxy) is 2. The van der Waals surface area contributed by atoms with Crippen LogP contribution in [0.3, 0.4) is 0 Å². The van der Waals surface area contributed by atoms with Crippen LogP contribution in [0.25, 0.3) is 0 Å². The minimum atomic E-state index is -0.262. The van der Waals surface area contributed by atoms with Gasteiger partial charge in [-0.15, -0.1) is 11.6 Å². The lowest BCUT2D eigenvalue weighted by Crippen LogP contribution is -2.03. The van der Waals surface area contributed by atoms with Crippen LogP contribution in [0.5, 0.6) is 11.5 Å². The average Bonchev–Trinajstić information content (AvgIpc) is 2.90. The Kier molecular flexibility index (Phi) is 4.10. The molecule has 1 atom stereocenters. The standard InChI is InChI=1S/C13H15ClN2O2/c1-17-10-4-3-5-11(18-2)13(10)9(14)8-12-15-6-7-16-12/h3-7,9H,8H2,1-2H3,(H,15,16). The van der Waals surface area contributed by atoms with E-state index in [4.69, 9.17) is 21.1 Å². The number of rotatable bonds is 5. The second-order valence-electron chi connectivity index (χ2n) is 3.78. The predicted octanol–water partition coefficient (Wildman–Crippen LogP) is 2.95. The number of nitrogens with zero attached hydrogens (tertiary/aromatic N) is 1. The van der Waals surface area contributed by atoms with Crippen molar-refractivity contribution < 1.29 is 9.47 Å². The fraction of sp³-hybridized carbons (Fsp3) is 0.308. The highest BCUT2D eigenvalue weighted by Gasteiger charge is 2.19. The Hall–Kier alpha value is -1.68. The van der Waals surface area contributed by atoms with E-state index in [0.717, 1.165) is 22.9 Å². The van der Waals surface area contributed by atoms with Gasteiger partial charge < -0.3 is 14.5 Å². The fourth-order valence-electron chi connectivity index (χ4n) is 1.87. The Morgan fingerprint density at radius 3 is 2.44 bits per heavy atom. The third-order valence-corrected chi connectivity index (χ3v) is 3.08. The summed E-state index contributed by atoms with van der Waals surface area (Å²) in [4.78, 5) is 7.21. The van der Waals surface area contributed by atoms with Crippen molar-refractivity contribution in [2.24, 2.45) is 0 Å². The number of hydrogen-bond acceptors (Lipinski definition) is 3. The fourth-order valence-corrected chi connectivity index (χ4v) is 2.23. The van der Waals surface area contributed by atoms with Gasteiger partial charge in [-0.3, -0.25) is 0 Å². The molecule has 0 aliphatic rings. The Morgan fingerprint density at radius 2 is 1.94 bits per heavy atom. The zero-order valence-electron chi connectivity index (χ0n) is 10.3. The first-order valence-corrected chi connectivity index (χ1v) is 6.03. The number of methoxy groups -OCH3 is 2. The smallest absolute Gasteiger partial charge is 0.127 e. The summed E-state index contributed by atoms with van der Waals surface area (Å²) >= 11 is 6.45. The van der Waals surface area contributed by atoms with Gasteiger partial charge >= 0.3 is 0 Å². The van der Waals surface area contributed by atoms with Gasteiger partial charge in [0, 0.05) is 18.8 Å². The zero-order valence-corrected chi connectivity index (χ0v) is 11.1. The van der Waals surface area contributed by atoms with Crippen LogP contribution in [0.2, 0.25) is 0 Å². The Labute approximate surface area is 111 Å². The van der Waals surface area contributed by atoms with Gasteiger partial charge in [0.2, 0.25) is 0 Å². The third-order valence-electron chi connectivity index (χ3n) is 2.71. The summed E-state index contributed by atoms with van der Waals surface area (Å²) in [6.45, 7) is 0. The van der Waals surface area contributed by atoms with Gasteiger partial charge in [-0.1, -0.05) is 6.07 Å². The van der Waals surface area contributed by atoms with E-state index in [2.05, 4.69) is 9.97 Å². The van der Waals surface area contributed by atoms with Crippen molar-refractivity contribution in [3.8, 4) is 11.5 Å². The van der Waals surface area contributed by atoms with E-state index in [1.807, 2.05) is 18.2 Å². The van der Waals surface area contributed by atoms with E-state index in [1.165, 1.54) is 0 Å². The van der Waals surface area contributed by atoms with Crippen LogP contribution in [-0.2, 0) is 6.42 Å². The lowest BCUT2D eigenvalue weighted by atomic mass is 10.1. The summed E-state index contributed by atoms with van der Waals surface area (Å²) in [6.07, 6.45) is 4.07.